The van der Waals surface area contributed by atoms with Crippen molar-refractivity contribution in [1.82, 2.24) is 10.2 Å². The molecular formula is C16H21N3O2. The second-order valence-electron chi connectivity index (χ2n) is 5.87. The van der Waals surface area contributed by atoms with Crippen LogP contribution in [0.5, 0.6) is 0 Å². The van der Waals surface area contributed by atoms with E-state index in [1.165, 1.54) is 11.3 Å². The van der Waals surface area contributed by atoms with Gasteiger partial charge in [-0.2, -0.15) is 0 Å². The van der Waals surface area contributed by atoms with E-state index in [2.05, 4.69) is 35.3 Å². The predicted octanol–water partition coefficient (Wildman–Crippen LogP) is 0.922. The van der Waals surface area contributed by atoms with Gasteiger partial charge in [0.05, 0.1) is 0 Å². The van der Waals surface area contributed by atoms with E-state index in [1.54, 1.807) is 4.90 Å². The number of aryl methyl sites for hydroxylation is 1. The monoisotopic (exact) mass is 287 g/mol. The lowest BCUT2D eigenvalue weighted by molar-refractivity contribution is -0.146. The molecule has 1 saturated carbocycles. The third-order valence-electron chi connectivity index (χ3n) is 4.04. The van der Waals surface area contributed by atoms with Gasteiger partial charge in [-0.1, -0.05) is 12.1 Å². The average molecular weight is 287 g/mol. The first-order valence-electron chi connectivity index (χ1n) is 7.55. The van der Waals surface area contributed by atoms with Gasteiger partial charge in [0, 0.05) is 37.9 Å². The van der Waals surface area contributed by atoms with Gasteiger partial charge in [-0.15, -0.1) is 0 Å². The number of nitrogens with one attached hydrogen (secondary N) is 1. The standard InChI is InChI=1S/C16H21N3O2/c1-12-3-2-4-14(11-12)18-7-9-19(10-8-18)16(21)15(20)17-13-5-6-13/h2-4,11,13H,5-10H2,1H3,(H,17,20). The Hall–Kier alpha value is -2.04. The molecule has 1 aliphatic carbocycles. The summed E-state index contributed by atoms with van der Waals surface area (Å²) in [6, 6.07) is 8.59. The summed E-state index contributed by atoms with van der Waals surface area (Å²) in [5, 5.41) is 2.76. The number of rotatable bonds is 2. The van der Waals surface area contributed by atoms with Gasteiger partial charge in [0.1, 0.15) is 0 Å². The van der Waals surface area contributed by atoms with Crippen LogP contribution in [0.1, 0.15) is 18.4 Å². The lowest BCUT2D eigenvalue weighted by Crippen LogP contribution is -2.53. The Morgan fingerprint density at radius 3 is 2.48 bits per heavy atom. The third-order valence-corrected chi connectivity index (χ3v) is 4.04. The Kier molecular flexibility index (Phi) is 3.82. The summed E-state index contributed by atoms with van der Waals surface area (Å²) in [6.07, 6.45) is 2.00. The second-order valence-corrected chi connectivity index (χ2v) is 5.87. The molecule has 1 N–H and O–H groups in total. The number of hydrogen-bond acceptors (Lipinski definition) is 3. The van der Waals surface area contributed by atoms with Gasteiger partial charge in [0.2, 0.25) is 0 Å². The van der Waals surface area contributed by atoms with Crippen LogP contribution in [0, 0.1) is 6.92 Å². The minimum atomic E-state index is -0.443. The fourth-order valence-corrected chi connectivity index (χ4v) is 2.61. The summed E-state index contributed by atoms with van der Waals surface area (Å²) in [6.45, 7) is 4.82. The maximum absolute atomic E-state index is 12.1. The zero-order valence-corrected chi connectivity index (χ0v) is 12.3. The third kappa shape index (κ3) is 3.35. The molecule has 1 heterocycles. The molecule has 0 radical (unpaired) electrons. The van der Waals surface area contributed by atoms with Gasteiger partial charge in [0.25, 0.3) is 0 Å². The average Bonchev–Trinajstić information content (AvgIpc) is 3.30. The van der Waals surface area contributed by atoms with E-state index >= 15 is 0 Å². The highest BCUT2D eigenvalue weighted by Crippen LogP contribution is 2.19. The molecular weight excluding hydrogens is 266 g/mol. The van der Waals surface area contributed by atoms with Crippen LogP contribution >= 0.6 is 0 Å². The molecule has 2 amide bonds. The molecule has 5 nitrogen and oxygen atoms in total. The van der Waals surface area contributed by atoms with E-state index in [4.69, 9.17) is 0 Å². The maximum atomic E-state index is 12.1. The number of anilines is 1. The smallest absolute Gasteiger partial charge is 0.312 e. The Bertz CT molecular complexity index is 546. The molecule has 0 atom stereocenters. The molecule has 1 aromatic rings. The predicted molar refractivity (Wildman–Crippen MR) is 81.1 cm³/mol. The van der Waals surface area contributed by atoms with Gasteiger partial charge in [-0.25, -0.2) is 0 Å². The summed E-state index contributed by atoms with van der Waals surface area (Å²) >= 11 is 0. The normalized spacial score (nSPS) is 18.5. The second kappa shape index (κ2) is 5.76. The Labute approximate surface area is 124 Å². The summed E-state index contributed by atoms with van der Waals surface area (Å²) in [5.74, 6) is -0.827. The lowest BCUT2D eigenvalue weighted by Gasteiger charge is -2.35. The van der Waals surface area contributed by atoms with E-state index in [0.717, 1.165) is 25.9 Å². The van der Waals surface area contributed by atoms with Crippen molar-refractivity contribution in [2.45, 2.75) is 25.8 Å². The summed E-state index contributed by atoms with van der Waals surface area (Å²) in [4.78, 5) is 27.7. The van der Waals surface area contributed by atoms with Gasteiger partial charge in [0.15, 0.2) is 0 Å². The van der Waals surface area contributed by atoms with E-state index in [0.29, 0.717) is 13.1 Å². The molecule has 5 heteroatoms. The van der Waals surface area contributed by atoms with Crippen molar-refractivity contribution >= 4 is 17.5 Å². The van der Waals surface area contributed by atoms with Crippen LogP contribution in [0.3, 0.4) is 0 Å². The van der Waals surface area contributed by atoms with E-state index in [-0.39, 0.29) is 11.9 Å². The highest BCUT2D eigenvalue weighted by molar-refractivity contribution is 6.35. The minimum Gasteiger partial charge on any atom is -0.368 e. The van der Waals surface area contributed by atoms with Crippen LogP contribution in [0.2, 0.25) is 0 Å². The van der Waals surface area contributed by atoms with Crippen molar-refractivity contribution in [3.63, 3.8) is 0 Å². The maximum Gasteiger partial charge on any atom is 0.312 e. The largest absolute Gasteiger partial charge is 0.368 e. The van der Waals surface area contributed by atoms with E-state index < -0.39 is 5.91 Å². The topological polar surface area (TPSA) is 52.7 Å². The van der Waals surface area contributed by atoms with Crippen molar-refractivity contribution in [2.75, 3.05) is 31.1 Å². The van der Waals surface area contributed by atoms with Crippen molar-refractivity contribution in [3.8, 4) is 0 Å². The first-order chi connectivity index (χ1) is 10.1. The fourth-order valence-electron chi connectivity index (χ4n) is 2.61. The van der Waals surface area contributed by atoms with Crippen molar-refractivity contribution < 1.29 is 9.59 Å². The molecule has 1 aliphatic heterocycles. The van der Waals surface area contributed by atoms with Gasteiger partial charge >= 0.3 is 11.8 Å². The zero-order chi connectivity index (χ0) is 14.8. The van der Waals surface area contributed by atoms with Crippen molar-refractivity contribution in [3.05, 3.63) is 29.8 Å². The molecule has 0 bridgehead atoms. The summed E-state index contributed by atoms with van der Waals surface area (Å²) in [7, 11) is 0. The molecule has 112 valence electrons. The number of carbonyl (C=O) groups excluding carboxylic acids is 2. The Morgan fingerprint density at radius 2 is 1.86 bits per heavy atom. The van der Waals surface area contributed by atoms with Crippen LogP contribution in [-0.2, 0) is 9.59 Å². The van der Waals surface area contributed by atoms with Crippen LogP contribution in [0.4, 0.5) is 5.69 Å². The van der Waals surface area contributed by atoms with Gasteiger partial charge in [-0.05, 0) is 37.5 Å². The summed E-state index contributed by atoms with van der Waals surface area (Å²) in [5.41, 5.74) is 2.42. The molecule has 1 aromatic carbocycles. The zero-order valence-electron chi connectivity index (χ0n) is 12.3. The number of hydrogen-bond donors (Lipinski definition) is 1. The number of carbonyl (C=O) groups is 2. The van der Waals surface area contributed by atoms with Crippen molar-refractivity contribution in [1.29, 1.82) is 0 Å². The molecule has 2 fully saturated rings. The first-order valence-corrected chi connectivity index (χ1v) is 7.55. The minimum absolute atomic E-state index is 0.232. The number of piperazine rings is 1. The number of nitrogens with zero attached hydrogens (tertiary/aromatic N) is 2. The molecule has 0 aromatic heterocycles. The Balaban J connectivity index is 1.54. The molecule has 3 rings (SSSR count). The Morgan fingerprint density at radius 1 is 1.14 bits per heavy atom. The first kappa shape index (κ1) is 13.9. The van der Waals surface area contributed by atoms with Crippen molar-refractivity contribution in [2.24, 2.45) is 0 Å². The highest BCUT2D eigenvalue weighted by atomic mass is 16.2. The lowest BCUT2D eigenvalue weighted by atomic mass is 10.2. The highest BCUT2D eigenvalue weighted by Gasteiger charge is 2.30. The molecule has 1 saturated heterocycles. The SMILES string of the molecule is Cc1cccc(N2CCN(C(=O)C(=O)NC3CC3)CC2)c1. The van der Waals surface area contributed by atoms with Gasteiger partial charge < -0.3 is 15.1 Å². The van der Waals surface area contributed by atoms with Crippen LogP contribution in [0.25, 0.3) is 0 Å². The molecule has 2 aliphatic rings. The molecule has 0 spiro atoms. The summed E-state index contributed by atoms with van der Waals surface area (Å²) < 4.78 is 0. The fraction of sp³-hybridized carbons (Fsp3) is 0.500. The number of amides is 2. The van der Waals surface area contributed by atoms with Crippen LogP contribution < -0.4 is 10.2 Å². The van der Waals surface area contributed by atoms with Crippen LogP contribution in [-0.4, -0.2) is 48.9 Å². The molecule has 21 heavy (non-hydrogen) atoms. The van der Waals surface area contributed by atoms with E-state index in [9.17, 15) is 9.59 Å². The van der Waals surface area contributed by atoms with E-state index in [1.807, 2.05) is 6.07 Å². The van der Waals surface area contributed by atoms with Gasteiger partial charge in [-0.3, -0.25) is 9.59 Å². The van der Waals surface area contributed by atoms with Crippen LogP contribution in [0.15, 0.2) is 24.3 Å². The number of benzene rings is 1. The molecule has 0 unspecified atom stereocenters. The quantitative estimate of drug-likeness (QED) is 0.823.